The van der Waals surface area contributed by atoms with E-state index in [2.05, 4.69) is 0 Å². The predicted molar refractivity (Wildman–Crippen MR) is 65.9 cm³/mol. The lowest BCUT2D eigenvalue weighted by Crippen LogP contribution is -2.37. The molecule has 0 saturated carbocycles. The van der Waals surface area contributed by atoms with Crippen molar-refractivity contribution in [3.8, 4) is 0 Å². The first kappa shape index (κ1) is 13.3. The fourth-order valence-electron chi connectivity index (χ4n) is 2.26. The van der Waals surface area contributed by atoms with E-state index in [0.717, 1.165) is 18.9 Å². The Labute approximate surface area is 110 Å². The van der Waals surface area contributed by atoms with Gasteiger partial charge < -0.3 is 4.90 Å². The van der Waals surface area contributed by atoms with Crippen molar-refractivity contribution in [2.75, 3.05) is 12.4 Å². The third-order valence-corrected chi connectivity index (χ3v) is 3.67. The van der Waals surface area contributed by atoms with E-state index in [4.69, 9.17) is 11.6 Å². The Kier molecular flexibility index (Phi) is 3.85. The lowest BCUT2D eigenvalue weighted by atomic mass is 10.1. The summed E-state index contributed by atoms with van der Waals surface area (Å²) in [6.45, 7) is 2.01. The molecule has 0 spiro atoms. The average Bonchev–Trinajstić information content (AvgIpc) is 2.82. The number of halogens is 3. The van der Waals surface area contributed by atoms with Crippen molar-refractivity contribution < 1.29 is 13.6 Å². The molecular formula is C13H14ClF2NO. The molecule has 5 heteroatoms. The molecule has 0 bridgehead atoms. The van der Waals surface area contributed by atoms with Crippen LogP contribution in [0.4, 0.5) is 8.78 Å². The molecule has 0 aliphatic carbocycles. The predicted octanol–water partition coefficient (Wildman–Crippen LogP) is 3.12. The van der Waals surface area contributed by atoms with Crippen molar-refractivity contribution in [1.82, 2.24) is 4.90 Å². The zero-order chi connectivity index (χ0) is 13.3. The maximum absolute atomic E-state index is 13.9. The molecule has 1 aliphatic rings. The number of carbonyl (C=O) groups excluding carboxylic acids is 1. The highest BCUT2D eigenvalue weighted by atomic mass is 35.5. The molecule has 2 rings (SSSR count). The lowest BCUT2D eigenvalue weighted by molar-refractivity contribution is 0.0739. The summed E-state index contributed by atoms with van der Waals surface area (Å²) in [6.07, 6.45) is 1.60. The molecular weight excluding hydrogens is 260 g/mol. The number of carbonyl (C=O) groups is 1. The van der Waals surface area contributed by atoms with Crippen LogP contribution in [0, 0.1) is 18.6 Å². The van der Waals surface area contributed by atoms with Crippen LogP contribution in [0.25, 0.3) is 0 Å². The van der Waals surface area contributed by atoms with Crippen LogP contribution in [0.1, 0.15) is 28.8 Å². The third kappa shape index (κ3) is 2.21. The van der Waals surface area contributed by atoms with E-state index in [0.29, 0.717) is 12.4 Å². The normalized spacial score (nSPS) is 19.3. The molecule has 1 saturated heterocycles. The summed E-state index contributed by atoms with van der Waals surface area (Å²) in [4.78, 5) is 13.7. The number of hydrogen-bond acceptors (Lipinski definition) is 1. The Morgan fingerprint density at radius 3 is 2.89 bits per heavy atom. The molecule has 1 fully saturated rings. The van der Waals surface area contributed by atoms with Crippen LogP contribution in [0.15, 0.2) is 12.1 Å². The van der Waals surface area contributed by atoms with E-state index in [9.17, 15) is 13.6 Å². The molecule has 1 heterocycles. The Hall–Kier alpha value is -1.16. The van der Waals surface area contributed by atoms with E-state index in [1.807, 2.05) is 0 Å². The molecule has 2 nitrogen and oxygen atoms in total. The smallest absolute Gasteiger partial charge is 0.260 e. The first-order chi connectivity index (χ1) is 8.56. The van der Waals surface area contributed by atoms with Gasteiger partial charge in [0.1, 0.15) is 17.2 Å². The first-order valence-corrected chi connectivity index (χ1v) is 6.41. The van der Waals surface area contributed by atoms with Gasteiger partial charge in [0.15, 0.2) is 0 Å². The molecule has 18 heavy (non-hydrogen) atoms. The first-order valence-electron chi connectivity index (χ1n) is 5.87. The molecule has 0 N–H and O–H groups in total. The van der Waals surface area contributed by atoms with E-state index in [1.54, 1.807) is 0 Å². The molecule has 1 amide bonds. The molecule has 1 aromatic carbocycles. The van der Waals surface area contributed by atoms with Gasteiger partial charge >= 0.3 is 0 Å². The van der Waals surface area contributed by atoms with Crippen molar-refractivity contribution in [1.29, 1.82) is 0 Å². The van der Waals surface area contributed by atoms with E-state index < -0.39 is 23.1 Å². The molecule has 0 radical (unpaired) electrons. The van der Waals surface area contributed by atoms with Crippen molar-refractivity contribution in [3.05, 3.63) is 34.9 Å². The number of amides is 1. The number of likely N-dealkylation sites (tertiary alicyclic amines) is 1. The highest BCUT2D eigenvalue weighted by Crippen LogP contribution is 2.24. The Morgan fingerprint density at radius 1 is 1.50 bits per heavy atom. The molecule has 1 unspecified atom stereocenters. The number of benzene rings is 1. The van der Waals surface area contributed by atoms with Crippen LogP contribution in [-0.4, -0.2) is 29.3 Å². The Bertz CT molecular complexity index is 478. The fourth-order valence-corrected chi connectivity index (χ4v) is 2.58. The lowest BCUT2D eigenvalue weighted by Gasteiger charge is -2.23. The standard InChI is InChI=1S/C13H14ClF2NO/c1-8-4-5-10(15)11(12(8)16)13(18)17-6-2-3-9(17)7-14/h4-5,9H,2-3,6-7H2,1H3. The maximum Gasteiger partial charge on any atom is 0.260 e. The van der Waals surface area contributed by atoms with Crippen LogP contribution in [0.3, 0.4) is 0 Å². The largest absolute Gasteiger partial charge is 0.334 e. The van der Waals surface area contributed by atoms with Gasteiger partial charge in [-0.05, 0) is 31.4 Å². The van der Waals surface area contributed by atoms with Crippen molar-refractivity contribution in [3.63, 3.8) is 0 Å². The van der Waals surface area contributed by atoms with Gasteiger partial charge in [0.2, 0.25) is 0 Å². The van der Waals surface area contributed by atoms with Crippen molar-refractivity contribution in [2.45, 2.75) is 25.8 Å². The second kappa shape index (κ2) is 5.22. The van der Waals surface area contributed by atoms with Crippen LogP contribution in [0.5, 0.6) is 0 Å². The number of aryl methyl sites for hydroxylation is 1. The van der Waals surface area contributed by atoms with Crippen molar-refractivity contribution in [2.24, 2.45) is 0 Å². The average molecular weight is 274 g/mol. The minimum atomic E-state index is -0.816. The fraction of sp³-hybridized carbons (Fsp3) is 0.462. The van der Waals surface area contributed by atoms with Gasteiger partial charge in [-0.15, -0.1) is 11.6 Å². The molecule has 1 aliphatic heterocycles. The van der Waals surface area contributed by atoms with E-state index in [-0.39, 0.29) is 11.6 Å². The van der Waals surface area contributed by atoms with Crippen molar-refractivity contribution >= 4 is 17.5 Å². The van der Waals surface area contributed by atoms with E-state index in [1.165, 1.54) is 17.9 Å². The Morgan fingerprint density at radius 2 is 2.22 bits per heavy atom. The van der Waals surface area contributed by atoms with Crippen LogP contribution in [0.2, 0.25) is 0 Å². The second-order valence-electron chi connectivity index (χ2n) is 4.50. The number of hydrogen-bond donors (Lipinski definition) is 0. The van der Waals surface area contributed by atoms with Gasteiger partial charge in [0.25, 0.3) is 5.91 Å². The summed E-state index contributed by atoms with van der Waals surface area (Å²) >= 11 is 5.76. The summed E-state index contributed by atoms with van der Waals surface area (Å²) in [7, 11) is 0. The Balaban J connectivity index is 2.37. The van der Waals surface area contributed by atoms with Gasteiger partial charge in [0.05, 0.1) is 0 Å². The third-order valence-electron chi connectivity index (χ3n) is 3.31. The van der Waals surface area contributed by atoms with E-state index >= 15 is 0 Å². The van der Waals surface area contributed by atoms with Crippen LogP contribution >= 0.6 is 11.6 Å². The number of nitrogens with zero attached hydrogens (tertiary/aromatic N) is 1. The van der Waals surface area contributed by atoms with Gasteiger partial charge in [-0.25, -0.2) is 8.78 Å². The van der Waals surface area contributed by atoms with Crippen LogP contribution < -0.4 is 0 Å². The quantitative estimate of drug-likeness (QED) is 0.758. The summed E-state index contributed by atoms with van der Waals surface area (Å²) < 4.78 is 27.5. The minimum absolute atomic E-state index is 0.126. The summed E-state index contributed by atoms with van der Waals surface area (Å²) in [5.41, 5.74) is -0.201. The zero-order valence-electron chi connectivity index (χ0n) is 10.0. The molecule has 0 aromatic heterocycles. The highest BCUT2D eigenvalue weighted by Gasteiger charge is 2.32. The molecule has 98 valence electrons. The van der Waals surface area contributed by atoms with Gasteiger partial charge in [0, 0.05) is 18.5 Å². The summed E-state index contributed by atoms with van der Waals surface area (Å²) in [5.74, 6) is -1.90. The summed E-state index contributed by atoms with van der Waals surface area (Å²) in [6, 6.07) is 2.32. The maximum atomic E-state index is 13.9. The van der Waals surface area contributed by atoms with Gasteiger partial charge in [-0.2, -0.15) is 0 Å². The highest BCUT2D eigenvalue weighted by molar-refractivity contribution is 6.18. The number of rotatable bonds is 2. The number of alkyl halides is 1. The van der Waals surface area contributed by atoms with Crippen LogP contribution in [-0.2, 0) is 0 Å². The second-order valence-corrected chi connectivity index (χ2v) is 4.81. The minimum Gasteiger partial charge on any atom is -0.334 e. The zero-order valence-corrected chi connectivity index (χ0v) is 10.8. The molecule has 1 aromatic rings. The monoisotopic (exact) mass is 273 g/mol. The van der Waals surface area contributed by atoms with Gasteiger partial charge in [-0.1, -0.05) is 6.07 Å². The summed E-state index contributed by atoms with van der Waals surface area (Å²) in [5, 5.41) is 0. The molecule has 1 atom stereocenters. The SMILES string of the molecule is Cc1ccc(F)c(C(=O)N2CCCC2CCl)c1F. The van der Waals surface area contributed by atoms with Gasteiger partial charge in [-0.3, -0.25) is 4.79 Å². The topological polar surface area (TPSA) is 20.3 Å².